The summed E-state index contributed by atoms with van der Waals surface area (Å²) >= 11 is 0. The Hall–Kier alpha value is -1.40. The zero-order valence-corrected chi connectivity index (χ0v) is 16.7. The van der Waals surface area contributed by atoms with E-state index in [2.05, 4.69) is 41.5 Å². The number of rotatable bonds is 2. The van der Waals surface area contributed by atoms with Crippen LogP contribution in [0.15, 0.2) is 12.1 Å². The van der Waals surface area contributed by atoms with E-state index in [0.717, 1.165) is 16.7 Å². The van der Waals surface area contributed by atoms with Gasteiger partial charge in [-0.05, 0) is 39.7 Å². The molecule has 8 heteroatoms. The summed E-state index contributed by atoms with van der Waals surface area (Å²) in [5.74, 6) is 0.0456. The van der Waals surface area contributed by atoms with Crippen molar-refractivity contribution in [2.45, 2.75) is 65.9 Å². The van der Waals surface area contributed by atoms with Crippen molar-refractivity contribution in [1.82, 2.24) is 0 Å². The van der Waals surface area contributed by atoms with Gasteiger partial charge in [0.05, 0.1) is 0 Å². The number of aromatic hydroxyl groups is 1. The molecule has 0 aliphatic heterocycles. The summed E-state index contributed by atoms with van der Waals surface area (Å²) in [6, 6.07) is 3.85. The molecule has 0 aromatic heterocycles. The highest BCUT2D eigenvalue weighted by Gasteiger charge is 2.26. The van der Waals surface area contributed by atoms with Gasteiger partial charge in [-0.2, -0.15) is 0 Å². The molecule has 0 radical (unpaired) electrons. The third-order valence-corrected chi connectivity index (χ3v) is 3.23. The number of esters is 1. The Bertz CT molecular complexity index is 605. The molecule has 1 aromatic rings. The monoisotopic (exact) mass is 376 g/mol. The maximum absolute atomic E-state index is 11.0. The molecule has 1 aromatic carbocycles. The predicted molar refractivity (Wildman–Crippen MR) is 95.2 cm³/mol. The van der Waals surface area contributed by atoms with Crippen LogP contribution in [-0.2, 0) is 31.5 Å². The first-order chi connectivity index (χ1) is 10.9. The molecule has 0 atom stereocenters. The average Bonchev–Trinajstić information content (AvgIpc) is 2.32. The number of hydrogen-bond acceptors (Lipinski definition) is 4. The van der Waals surface area contributed by atoms with E-state index < -0.39 is 7.82 Å². The van der Waals surface area contributed by atoms with Crippen molar-refractivity contribution in [1.29, 1.82) is 0 Å². The quantitative estimate of drug-likeness (QED) is 0.462. The van der Waals surface area contributed by atoms with Crippen LogP contribution in [0.4, 0.5) is 0 Å². The number of phenols is 1. The highest BCUT2D eigenvalue weighted by molar-refractivity contribution is 7.45. The van der Waals surface area contributed by atoms with E-state index in [1.54, 1.807) is 0 Å². The minimum atomic E-state index is -4.64. The molecule has 0 unspecified atom stereocenters. The highest BCUT2D eigenvalue weighted by Crippen LogP contribution is 2.39. The lowest BCUT2D eigenvalue weighted by molar-refractivity contribution is -0.142. The average molecular weight is 376 g/mol. The molecule has 1 rings (SSSR count). The molecule has 0 amide bonds. The molecule has 25 heavy (non-hydrogen) atoms. The maximum Gasteiger partial charge on any atom is 0.466 e. The summed E-state index contributed by atoms with van der Waals surface area (Å²) in [7, 11) is -4.64. The second-order valence-corrected chi connectivity index (χ2v) is 8.86. The van der Waals surface area contributed by atoms with E-state index >= 15 is 0 Å². The Morgan fingerprint density at radius 1 is 1.00 bits per heavy atom. The second kappa shape index (κ2) is 8.32. The minimum absolute atomic E-state index is 0.170. The lowest BCUT2D eigenvalue weighted by Gasteiger charge is -2.28. The second-order valence-electron chi connectivity index (χ2n) is 7.83. The summed E-state index contributed by atoms with van der Waals surface area (Å²) in [6.07, 6.45) is 0. The Morgan fingerprint density at radius 2 is 1.32 bits per heavy atom. The lowest BCUT2D eigenvalue weighted by atomic mass is 9.78. The molecule has 0 aliphatic rings. The largest absolute Gasteiger partial charge is 0.507 e. The van der Waals surface area contributed by atoms with Crippen molar-refractivity contribution in [3.63, 3.8) is 0 Å². The van der Waals surface area contributed by atoms with Crippen molar-refractivity contribution < 1.29 is 33.9 Å². The van der Waals surface area contributed by atoms with E-state index in [0.29, 0.717) is 5.75 Å². The first-order valence-corrected chi connectivity index (χ1v) is 9.28. The SMILES string of the molecule is CC(=O)OCc1cc(C(C)(C)C)c(O)c(C(C)(C)C)c1.O=P(O)(O)O. The summed E-state index contributed by atoms with van der Waals surface area (Å²) in [5, 5.41) is 10.6. The van der Waals surface area contributed by atoms with Gasteiger partial charge in [-0.25, -0.2) is 4.57 Å². The standard InChI is InChI=1S/C17H26O3.H3O4P/c1-11(18)20-10-12-8-13(16(2,3)4)15(19)14(9-12)17(5,6)7;1-5(2,3)4/h8-9,19H,10H2,1-7H3;(H3,1,2,3,4). The topological polar surface area (TPSA) is 124 Å². The Balaban J connectivity index is 0.00000101. The molecular formula is C17H29O7P. The number of carbonyl (C=O) groups is 1. The Labute approximate surface area is 148 Å². The van der Waals surface area contributed by atoms with Gasteiger partial charge in [0.2, 0.25) is 0 Å². The van der Waals surface area contributed by atoms with Gasteiger partial charge in [-0.1, -0.05) is 41.5 Å². The van der Waals surface area contributed by atoms with Gasteiger partial charge >= 0.3 is 13.8 Å². The normalized spacial score (nSPS) is 12.2. The zero-order valence-electron chi connectivity index (χ0n) is 15.8. The molecule has 0 heterocycles. The molecule has 0 aliphatic carbocycles. The molecule has 0 fully saturated rings. The van der Waals surface area contributed by atoms with E-state index in [9.17, 15) is 9.90 Å². The molecule has 144 valence electrons. The molecule has 0 saturated carbocycles. The molecule has 7 nitrogen and oxygen atoms in total. The van der Waals surface area contributed by atoms with Gasteiger partial charge in [0.15, 0.2) is 0 Å². The maximum atomic E-state index is 11.0. The molecule has 0 saturated heterocycles. The van der Waals surface area contributed by atoms with Crippen LogP contribution in [-0.4, -0.2) is 25.8 Å². The fourth-order valence-corrected chi connectivity index (χ4v) is 2.11. The van der Waals surface area contributed by atoms with Crippen molar-refractivity contribution in [2.24, 2.45) is 0 Å². The fraction of sp³-hybridized carbons (Fsp3) is 0.588. The zero-order chi connectivity index (χ0) is 20.2. The Morgan fingerprint density at radius 3 is 1.56 bits per heavy atom. The van der Waals surface area contributed by atoms with Crippen LogP contribution < -0.4 is 0 Å². The van der Waals surface area contributed by atoms with Crippen LogP contribution in [0.5, 0.6) is 5.75 Å². The fourth-order valence-electron chi connectivity index (χ4n) is 2.11. The minimum Gasteiger partial charge on any atom is -0.507 e. The molecular weight excluding hydrogens is 347 g/mol. The van der Waals surface area contributed by atoms with Crippen LogP contribution in [0.3, 0.4) is 0 Å². The predicted octanol–water partition coefficient (Wildman–Crippen LogP) is 3.12. The van der Waals surface area contributed by atoms with Crippen LogP contribution in [0, 0.1) is 0 Å². The first-order valence-electron chi connectivity index (χ1n) is 7.71. The number of phosphoric acid groups is 1. The number of hydrogen-bond donors (Lipinski definition) is 4. The van der Waals surface area contributed by atoms with Crippen LogP contribution in [0.25, 0.3) is 0 Å². The van der Waals surface area contributed by atoms with Crippen LogP contribution >= 0.6 is 7.82 Å². The van der Waals surface area contributed by atoms with Gasteiger partial charge < -0.3 is 24.5 Å². The summed E-state index contributed by atoms with van der Waals surface area (Å²) in [5.41, 5.74) is 2.33. The number of phenolic OH excluding ortho intramolecular Hbond substituents is 1. The number of carbonyl (C=O) groups excluding carboxylic acids is 1. The lowest BCUT2D eigenvalue weighted by Crippen LogP contribution is -2.18. The van der Waals surface area contributed by atoms with Crippen LogP contribution in [0.1, 0.15) is 65.2 Å². The van der Waals surface area contributed by atoms with Gasteiger partial charge in [-0.15, -0.1) is 0 Å². The van der Waals surface area contributed by atoms with Crippen LogP contribution in [0.2, 0.25) is 0 Å². The van der Waals surface area contributed by atoms with E-state index in [-0.39, 0.29) is 23.4 Å². The highest BCUT2D eigenvalue weighted by atomic mass is 31.2. The summed E-state index contributed by atoms with van der Waals surface area (Å²) in [4.78, 5) is 32.5. The number of ether oxygens (including phenoxy) is 1. The van der Waals surface area contributed by atoms with E-state index in [1.807, 2.05) is 12.1 Å². The van der Waals surface area contributed by atoms with Gasteiger partial charge in [-0.3, -0.25) is 4.79 Å². The van der Waals surface area contributed by atoms with Crippen molar-refractivity contribution in [3.05, 3.63) is 28.8 Å². The number of benzene rings is 1. The van der Waals surface area contributed by atoms with Crippen molar-refractivity contribution in [2.75, 3.05) is 0 Å². The van der Waals surface area contributed by atoms with Crippen molar-refractivity contribution >= 4 is 13.8 Å². The van der Waals surface area contributed by atoms with E-state index in [1.165, 1.54) is 6.92 Å². The van der Waals surface area contributed by atoms with Gasteiger partial charge in [0.25, 0.3) is 0 Å². The van der Waals surface area contributed by atoms with Gasteiger partial charge in [0, 0.05) is 6.92 Å². The summed E-state index contributed by atoms with van der Waals surface area (Å²) in [6.45, 7) is 14.0. The Kier molecular flexibility index (Phi) is 7.85. The smallest absolute Gasteiger partial charge is 0.466 e. The van der Waals surface area contributed by atoms with Crippen molar-refractivity contribution in [3.8, 4) is 5.75 Å². The van der Waals surface area contributed by atoms with Gasteiger partial charge in [0.1, 0.15) is 12.4 Å². The summed E-state index contributed by atoms with van der Waals surface area (Å²) < 4.78 is 14.0. The first kappa shape index (κ1) is 23.6. The molecule has 0 bridgehead atoms. The third-order valence-electron chi connectivity index (χ3n) is 3.23. The third kappa shape index (κ3) is 9.60. The molecule has 4 N–H and O–H groups in total. The van der Waals surface area contributed by atoms with E-state index in [4.69, 9.17) is 24.0 Å². The molecule has 0 spiro atoms.